The van der Waals surface area contributed by atoms with E-state index in [-0.39, 0.29) is 35.1 Å². The molecule has 1 saturated heterocycles. The normalized spacial score (nSPS) is 19.2. The molecule has 0 aromatic heterocycles. The van der Waals surface area contributed by atoms with E-state index >= 15 is 0 Å². The zero-order valence-electron chi connectivity index (χ0n) is 18.9. The van der Waals surface area contributed by atoms with Gasteiger partial charge in [0.05, 0.1) is 10.8 Å². The average molecular weight is 470 g/mol. The maximum Gasteiger partial charge on any atom is 0.240 e. The first-order chi connectivity index (χ1) is 15.8. The molecule has 0 bridgehead atoms. The predicted octanol–water partition coefficient (Wildman–Crippen LogP) is 2.93. The van der Waals surface area contributed by atoms with Crippen LogP contribution in [0.25, 0.3) is 0 Å². The maximum absolute atomic E-state index is 12.6. The Morgan fingerprint density at radius 1 is 1.03 bits per heavy atom. The molecule has 2 aromatic carbocycles. The minimum atomic E-state index is -3.50. The first kappa shape index (κ1) is 23.4. The monoisotopic (exact) mass is 469 g/mol. The Hall–Kier alpha value is -2.71. The lowest BCUT2D eigenvalue weighted by molar-refractivity contribution is -0.126. The molecule has 2 aromatic rings. The largest absolute Gasteiger partial charge is 0.355 e. The lowest BCUT2D eigenvalue weighted by atomic mass is 10.1. The van der Waals surface area contributed by atoms with Gasteiger partial charge in [0.1, 0.15) is 0 Å². The van der Waals surface area contributed by atoms with E-state index in [4.69, 9.17) is 0 Å². The molecule has 1 atom stereocenters. The number of aryl methyl sites for hydroxylation is 1. The highest BCUT2D eigenvalue weighted by molar-refractivity contribution is 7.89. The minimum absolute atomic E-state index is 0.0364. The number of carbonyl (C=O) groups excluding carboxylic acids is 2. The minimum Gasteiger partial charge on any atom is -0.355 e. The van der Waals surface area contributed by atoms with E-state index in [0.717, 1.165) is 42.5 Å². The summed E-state index contributed by atoms with van der Waals surface area (Å²) in [4.78, 5) is 26.9. The molecule has 2 N–H and O–H groups in total. The number of anilines is 1. The molecule has 1 aliphatic carbocycles. The van der Waals surface area contributed by atoms with Crippen LogP contribution in [-0.4, -0.2) is 39.4 Å². The Labute approximate surface area is 195 Å². The number of rotatable bonds is 8. The van der Waals surface area contributed by atoms with E-state index in [0.29, 0.717) is 19.5 Å². The second-order valence-electron chi connectivity index (χ2n) is 9.03. The molecule has 0 radical (unpaired) electrons. The van der Waals surface area contributed by atoms with Gasteiger partial charge in [0, 0.05) is 31.2 Å². The standard InChI is InChI=1S/C25H31N3O4S/c1-18-6-10-22(11-7-18)28-17-20(16-24(28)29)25(30)26-15-14-19-8-12-23(13-9-19)33(31,32)27-21-4-2-3-5-21/h6-13,20-21,27H,2-5,14-17H2,1H3,(H,26,30). The summed E-state index contributed by atoms with van der Waals surface area (Å²) in [5.74, 6) is -0.534. The van der Waals surface area contributed by atoms with E-state index in [9.17, 15) is 18.0 Å². The van der Waals surface area contributed by atoms with Crippen LogP contribution < -0.4 is 14.9 Å². The van der Waals surface area contributed by atoms with Gasteiger partial charge in [-0.3, -0.25) is 9.59 Å². The molecule has 1 heterocycles. The molecule has 8 heteroatoms. The third-order valence-electron chi connectivity index (χ3n) is 6.47. The van der Waals surface area contributed by atoms with Gasteiger partial charge in [-0.05, 0) is 56.0 Å². The van der Waals surface area contributed by atoms with Crippen LogP contribution in [0.15, 0.2) is 53.4 Å². The van der Waals surface area contributed by atoms with Crippen molar-refractivity contribution in [2.45, 2.75) is 56.4 Å². The molecule has 176 valence electrons. The van der Waals surface area contributed by atoms with Crippen molar-refractivity contribution < 1.29 is 18.0 Å². The number of nitrogens with zero attached hydrogens (tertiary/aromatic N) is 1. The van der Waals surface area contributed by atoms with Crippen LogP contribution in [0.5, 0.6) is 0 Å². The van der Waals surface area contributed by atoms with Crippen LogP contribution in [0.3, 0.4) is 0 Å². The zero-order valence-corrected chi connectivity index (χ0v) is 19.7. The lowest BCUT2D eigenvalue weighted by Crippen LogP contribution is -2.34. The van der Waals surface area contributed by atoms with Crippen LogP contribution >= 0.6 is 0 Å². The molecule has 0 spiro atoms. The number of hydrogen-bond donors (Lipinski definition) is 2. The average Bonchev–Trinajstić information content (AvgIpc) is 3.44. The Bertz CT molecular complexity index is 1090. The van der Waals surface area contributed by atoms with Crippen LogP contribution in [-0.2, 0) is 26.0 Å². The SMILES string of the molecule is Cc1ccc(N2CC(C(=O)NCCc3ccc(S(=O)(=O)NC4CCCC4)cc3)CC2=O)cc1. The smallest absolute Gasteiger partial charge is 0.240 e. The summed E-state index contributed by atoms with van der Waals surface area (Å²) < 4.78 is 27.8. The quantitative estimate of drug-likeness (QED) is 0.621. The van der Waals surface area contributed by atoms with E-state index in [1.807, 2.05) is 31.2 Å². The Morgan fingerprint density at radius 2 is 1.70 bits per heavy atom. The van der Waals surface area contributed by atoms with Crippen molar-refractivity contribution in [3.05, 3.63) is 59.7 Å². The Morgan fingerprint density at radius 3 is 2.36 bits per heavy atom. The molecular weight excluding hydrogens is 438 g/mol. The summed E-state index contributed by atoms with van der Waals surface area (Å²) in [5, 5.41) is 2.92. The topological polar surface area (TPSA) is 95.6 Å². The highest BCUT2D eigenvalue weighted by atomic mass is 32.2. The van der Waals surface area contributed by atoms with Gasteiger partial charge in [-0.1, -0.05) is 42.7 Å². The molecule has 1 aliphatic heterocycles. The van der Waals surface area contributed by atoms with Crippen LogP contribution in [0.2, 0.25) is 0 Å². The van der Waals surface area contributed by atoms with Gasteiger partial charge in [0.15, 0.2) is 0 Å². The van der Waals surface area contributed by atoms with Gasteiger partial charge in [-0.15, -0.1) is 0 Å². The molecule has 4 rings (SSSR count). The molecule has 2 amide bonds. The summed E-state index contributed by atoms with van der Waals surface area (Å²) >= 11 is 0. The third-order valence-corrected chi connectivity index (χ3v) is 8.00. The molecule has 33 heavy (non-hydrogen) atoms. The van der Waals surface area contributed by atoms with Crippen molar-refractivity contribution in [2.75, 3.05) is 18.0 Å². The number of benzene rings is 2. The van der Waals surface area contributed by atoms with Crippen LogP contribution in [0.4, 0.5) is 5.69 Å². The number of hydrogen-bond acceptors (Lipinski definition) is 4. The second-order valence-corrected chi connectivity index (χ2v) is 10.7. The fourth-order valence-electron chi connectivity index (χ4n) is 4.50. The first-order valence-electron chi connectivity index (χ1n) is 11.6. The van der Waals surface area contributed by atoms with E-state index < -0.39 is 10.0 Å². The summed E-state index contributed by atoms with van der Waals surface area (Å²) in [7, 11) is -3.50. The highest BCUT2D eigenvalue weighted by Crippen LogP contribution is 2.25. The Balaban J connectivity index is 1.25. The Kier molecular flexibility index (Phi) is 7.14. The van der Waals surface area contributed by atoms with Gasteiger partial charge in [-0.25, -0.2) is 13.1 Å². The fraction of sp³-hybridized carbons (Fsp3) is 0.440. The van der Waals surface area contributed by atoms with Gasteiger partial charge < -0.3 is 10.2 Å². The number of amides is 2. The number of sulfonamides is 1. The summed E-state index contributed by atoms with van der Waals surface area (Å²) in [5.41, 5.74) is 2.88. The molecule has 1 saturated carbocycles. The first-order valence-corrected chi connectivity index (χ1v) is 13.1. The number of nitrogens with one attached hydrogen (secondary N) is 2. The van der Waals surface area contributed by atoms with Crippen molar-refractivity contribution in [3.8, 4) is 0 Å². The van der Waals surface area contributed by atoms with Gasteiger partial charge in [-0.2, -0.15) is 0 Å². The van der Waals surface area contributed by atoms with Crippen LogP contribution in [0.1, 0.15) is 43.2 Å². The second kappa shape index (κ2) is 10.1. The van der Waals surface area contributed by atoms with Crippen molar-refractivity contribution in [2.24, 2.45) is 5.92 Å². The summed E-state index contributed by atoms with van der Waals surface area (Å²) in [6.07, 6.45) is 4.72. The van der Waals surface area contributed by atoms with Gasteiger partial charge in [0.2, 0.25) is 21.8 Å². The zero-order chi connectivity index (χ0) is 23.4. The van der Waals surface area contributed by atoms with Crippen molar-refractivity contribution >= 4 is 27.5 Å². The third kappa shape index (κ3) is 5.81. The van der Waals surface area contributed by atoms with Crippen molar-refractivity contribution in [1.82, 2.24) is 10.0 Å². The fourth-order valence-corrected chi connectivity index (χ4v) is 5.80. The molecule has 2 aliphatic rings. The maximum atomic E-state index is 12.6. The molecule has 2 fully saturated rings. The lowest BCUT2D eigenvalue weighted by Gasteiger charge is -2.17. The highest BCUT2D eigenvalue weighted by Gasteiger charge is 2.34. The predicted molar refractivity (Wildman–Crippen MR) is 127 cm³/mol. The summed E-state index contributed by atoms with van der Waals surface area (Å²) in [6, 6.07) is 14.6. The van der Waals surface area contributed by atoms with E-state index in [1.54, 1.807) is 29.2 Å². The van der Waals surface area contributed by atoms with Crippen molar-refractivity contribution in [3.63, 3.8) is 0 Å². The van der Waals surface area contributed by atoms with E-state index in [2.05, 4.69) is 10.0 Å². The number of carbonyl (C=O) groups is 2. The van der Waals surface area contributed by atoms with Gasteiger partial charge >= 0.3 is 0 Å². The summed E-state index contributed by atoms with van der Waals surface area (Å²) in [6.45, 7) is 2.81. The molecular formula is C25H31N3O4S. The molecule has 7 nitrogen and oxygen atoms in total. The van der Waals surface area contributed by atoms with E-state index in [1.165, 1.54) is 0 Å². The molecule has 1 unspecified atom stereocenters. The van der Waals surface area contributed by atoms with Crippen molar-refractivity contribution in [1.29, 1.82) is 0 Å². The van der Waals surface area contributed by atoms with Crippen LogP contribution in [0, 0.1) is 12.8 Å². The van der Waals surface area contributed by atoms with Gasteiger partial charge in [0.25, 0.3) is 0 Å².